The lowest BCUT2D eigenvalue weighted by molar-refractivity contribution is 0.209. The number of amides is 1. The number of nitrogens with zero attached hydrogens (tertiary/aromatic N) is 5. The second kappa shape index (κ2) is 6.92. The maximum atomic E-state index is 12.4. The first-order valence-electron chi connectivity index (χ1n) is 7.50. The first kappa shape index (κ1) is 18.7. The molecule has 0 spiro atoms. The normalized spacial score (nSPS) is 11.4. The summed E-state index contributed by atoms with van der Waals surface area (Å²) >= 11 is 1.06. The zero-order valence-electron chi connectivity index (χ0n) is 14.5. The third-order valence-corrected chi connectivity index (χ3v) is 6.23. The number of nitrogens with one attached hydrogen (secondary N) is 2. The van der Waals surface area contributed by atoms with E-state index in [0.29, 0.717) is 22.1 Å². The Hall–Kier alpha value is -3.06. The van der Waals surface area contributed by atoms with Crippen LogP contribution in [0.2, 0.25) is 0 Å². The van der Waals surface area contributed by atoms with E-state index in [9.17, 15) is 13.2 Å². The van der Waals surface area contributed by atoms with E-state index in [1.165, 1.54) is 30.1 Å². The Bertz CT molecular complexity index is 1120. The van der Waals surface area contributed by atoms with Gasteiger partial charge >= 0.3 is 6.09 Å². The van der Waals surface area contributed by atoms with E-state index in [0.717, 1.165) is 11.3 Å². The van der Waals surface area contributed by atoms with Gasteiger partial charge in [0, 0.05) is 7.05 Å². The minimum atomic E-state index is -3.77. The number of hydrogen-bond acceptors (Lipinski definition) is 8. The van der Waals surface area contributed by atoms with Crippen LogP contribution in [0.3, 0.4) is 0 Å². The molecule has 0 aromatic carbocycles. The number of sulfonamides is 1. The van der Waals surface area contributed by atoms with Gasteiger partial charge in [-0.1, -0.05) is 5.21 Å². The second-order valence-corrected chi connectivity index (χ2v) is 8.62. The molecule has 0 saturated carbocycles. The Kier molecular flexibility index (Phi) is 4.80. The summed E-state index contributed by atoms with van der Waals surface area (Å²) in [7, 11) is -2.23. The van der Waals surface area contributed by atoms with E-state index in [-0.39, 0.29) is 15.7 Å². The molecule has 3 rings (SSSR count). The number of thiazole rings is 1. The Balaban J connectivity index is 1.92. The number of aryl methyl sites for hydroxylation is 3. The number of carbonyl (C=O) groups is 1. The largest absolute Gasteiger partial charge is 0.465 e. The minimum absolute atomic E-state index is 0.102. The Morgan fingerprint density at radius 2 is 2.04 bits per heavy atom. The fourth-order valence-electron chi connectivity index (χ4n) is 2.23. The first-order valence-corrected chi connectivity index (χ1v) is 9.80. The highest BCUT2D eigenvalue weighted by atomic mass is 32.2. The van der Waals surface area contributed by atoms with E-state index >= 15 is 0 Å². The van der Waals surface area contributed by atoms with Crippen LogP contribution in [0.5, 0.6) is 0 Å². The lowest BCUT2D eigenvalue weighted by Gasteiger charge is -2.10. The Labute approximate surface area is 158 Å². The van der Waals surface area contributed by atoms with Gasteiger partial charge in [0.1, 0.15) is 0 Å². The third-order valence-electron chi connectivity index (χ3n) is 3.49. The molecule has 0 aliphatic heterocycles. The number of carboxylic acid groups (broad SMARTS) is 1. The van der Waals surface area contributed by atoms with E-state index < -0.39 is 16.1 Å². The van der Waals surface area contributed by atoms with Crippen molar-refractivity contribution in [1.82, 2.24) is 25.0 Å². The summed E-state index contributed by atoms with van der Waals surface area (Å²) in [5.41, 5.74) is 1.27. The summed E-state index contributed by atoms with van der Waals surface area (Å²) in [6.07, 6.45) is 0.0330. The Morgan fingerprint density at radius 3 is 2.63 bits per heavy atom. The highest BCUT2D eigenvalue weighted by Crippen LogP contribution is 2.27. The fourth-order valence-corrected chi connectivity index (χ4v) is 4.46. The van der Waals surface area contributed by atoms with Crippen LogP contribution in [0.25, 0.3) is 11.4 Å². The SMILES string of the molecule is Cc1ncc(S(=O)(=O)Nc2ccc(-c3nnn(C)c3NC(=O)O)nc2C)s1. The molecule has 0 saturated heterocycles. The summed E-state index contributed by atoms with van der Waals surface area (Å²) in [5.74, 6) is 0.155. The van der Waals surface area contributed by atoms with Crippen molar-refractivity contribution in [3.8, 4) is 11.4 Å². The predicted molar refractivity (Wildman–Crippen MR) is 98.3 cm³/mol. The van der Waals surface area contributed by atoms with Gasteiger partial charge in [0.2, 0.25) is 0 Å². The highest BCUT2D eigenvalue weighted by Gasteiger charge is 2.20. The fraction of sp³-hybridized carbons (Fsp3) is 0.214. The maximum absolute atomic E-state index is 12.4. The van der Waals surface area contributed by atoms with Crippen molar-refractivity contribution in [2.45, 2.75) is 18.1 Å². The third kappa shape index (κ3) is 3.88. The van der Waals surface area contributed by atoms with Crippen molar-refractivity contribution < 1.29 is 18.3 Å². The van der Waals surface area contributed by atoms with Gasteiger partial charge in [0.25, 0.3) is 10.0 Å². The van der Waals surface area contributed by atoms with Crippen LogP contribution in [0.4, 0.5) is 16.3 Å². The molecule has 0 unspecified atom stereocenters. The van der Waals surface area contributed by atoms with Gasteiger partial charge in [-0.15, -0.1) is 16.4 Å². The van der Waals surface area contributed by atoms with Gasteiger partial charge < -0.3 is 5.11 Å². The van der Waals surface area contributed by atoms with Gasteiger partial charge in [-0.3, -0.25) is 10.0 Å². The van der Waals surface area contributed by atoms with Gasteiger partial charge in [-0.2, -0.15) is 0 Å². The van der Waals surface area contributed by atoms with Crippen LogP contribution in [0.1, 0.15) is 10.7 Å². The van der Waals surface area contributed by atoms with Crippen LogP contribution >= 0.6 is 11.3 Å². The lowest BCUT2D eigenvalue weighted by Crippen LogP contribution is -2.13. The average molecular weight is 409 g/mol. The summed E-state index contributed by atoms with van der Waals surface area (Å²) in [6, 6.07) is 3.06. The van der Waals surface area contributed by atoms with E-state index in [1.54, 1.807) is 13.8 Å². The zero-order chi connectivity index (χ0) is 19.8. The van der Waals surface area contributed by atoms with Gasteiger partial charge in [-0.25, -0.2) is 27.9 Å². The topological polar surface area (TPSA) is 152 Å². The van der Waals surface area contributed by atoms with Crippen LogP contribution < -0.4 is 10.0 Å². The van der Waals surface area contributed by atoms with Gasteiger partial charge in [0.15, 0.2) is 15.7 Å². The van der Waals surface area contributed by atoms with Crippen molar-refractivity contribution in [2.24, 2.45) is 7.05 Å². The number of anilines is 2. The summed E-state index contributed by atoms with van der Waals surface area (Å²) < 4.78 is 28.7. The van der Waals surface area contributed by atoms with E-state index in [1.807, 2.05) is 0 Å². The summed E-state index contributed by atoms with van der Waals surface area (Å²) in [6.45, 7) is 3.34. The van der Waals surface area contributed by atoms with Gasteiger partial charge in [0.05, 0.1) is 28.3 Å². The van der Waals surface area contributed by atoms with Crippen molar-refractivity contribution in [2.75, 3.05) is 10.0 Å². The minimum Gasteiger partial charge on any atom is -0.465 e. The highest BCUT2D eigenvalue weighted by molar-refractivity contribution is 7.94. The number of hydrogen-bond donors (Lipinski definition) is 3. The van der Waals surface area contributed by atoms with E-state index in [2.05, 4.69) is 30.3 Å². The average Bonchev–Trinajstić information content (AvgIpc) is 3.16. The molecule has 13 heteroatoms. The molecule has 3 aromatic rings. The molecule has 1 amide bonds. The molecular weight excluding hydrogens is 394 g/mol. The van der Waals surface area contributed by atoms with Crippen LogP contribution in [-0.2, 0) is 17.1 Å². The molecule has 3 N–H and O–H groups in total. The van der Waals surface area contributed by atoms with Crippen molar-refractivity contribution in [3.05, 3.63) is 29.0 Å². The molecule has 11 nitrogen and oxygen atoms in total. The van der Waals surface area contributed by atoms with Gasteiger partial charge in [-0.05, 0) is 26.0 Å². The molecule has 3 heterocycles. The Morgan fingerprint density at radius 1 is 1.30 bits per heavy atom. The number of pyridine rings is 1. The quantitative estimate of drug-likeness (QED) is 0.577. The molecule has 0 fully saturated rings. The van der Waals surface area contributed by atoms with Crippen molar-refractivity contribution >= 4 is 39.0 Å². The molecule has 0 aliphatic rings. The summed E-state index contributed by atoms with van der Waals surface area (Å²) in [5, 5.41) is 19.5. The van der Waals surface area contributed by atoms with Crippen LogP contribution in [0.15, 0.2) is 22.5 Å². The molecule has 0 bridgehead atoms. The zero-order valence-corrected chi connectivity index (χ0v) is 16.1. The van der Waals surface area contributed by atoms with Crippen molar-refractivity contribution in [1.29, 1.82) is 0 Å². The lowest BCUT2D eigenvalue weighted by atomic mass is 10.2. The van der Waals surface area contributed by atoms with Crippen LogP contribution in [-0.4, -0.2) is 44.6 Å². The monoisotopic (exact) mass is 409 g/mol. The molecule has 0 atom stereocenters. The molecule has 27 heavy (non-hydrogen) atoms. The standard InChI is InChI=1S/C14H15N7O4S2/c1-7-9(19-27(24,25)11-6-15-8(2)26-11)4-5-10(16-7)12-13(17-14(22)23)21(3)20-18-12/h4-6,17,19H,1-3H3,(H,22,23). The smallest absolute Gasteiger partial charge is 0.410 e. The van der Waals surface area contributed by atoms with Crippen LogP contribution in [0, 0.1) is 13.8 Å². The van der Waals surface area contributed by atoms with Crippen molar-refractivity contribution in [3.63, 3.8) is 0 Å². The first-order chi connectivity index (χ1) is 12.7. The van der Waals surface area contributed by atoms with E-state index in [4.69, 9.17) is 5.11 Å². The molecule has 3 aromatic heterocycles. The molecule has 0 radical (unpaired) electrons. The number of aromatic nitrogens is 5. The molecular formula is C14H15N7O4S2. The maximum Gasteiger partial charge on any atom is 0.410 e. The predicted octanol–water partition coefficient (Wildman–Crippen LogP) is 1.84. The second-order valence-electron chi connectivity index (χ2n) is 5.47. The molecule has 142 valence electrons. The summed E-state index contributed by atoms with van der Waals surface area (Å²) in [4.78, 5) is 19.2. The molecule has 0 aliphatic carbocycles. The number of rotatable bonds is 5.